The number of para-hydroxylation sites is 1. The molecule has 0 unspecified atom stereocenters. The molecular weight excluding hydrogens is 262 g/mol. The van der Waals surface area contributed by atoms with Gasteiger partial charge in [0.25, 0.3) is 10.0 Å². The van der Waals surface area contributed by atoms with Crippen molar-refractivity contribution in [1.82, 2.24) is 0 Å². The average Bonchev–Trinajstić information content (AvgIpc) is 2.39. The monoisotopic (exact) mass is 277 g/mol. The molecule has 4 nitrogen and oxygen atoms in total. The normalized spacial score (nSPS) is 11.2. The maximum Gasteiger partial charge on any atom is 0.265 e. The average molecular weight is 277 g/mol. The molecule has 100 valence electrons. The summed E-state index contributed by atoms with van der Waals surface area (Å²) in [4.78, 5) is -0.130. The minimum Gasteiger partial charge on any atom is -0.507 e. The van der Waals surface area contributed by atoms with Crippen LogP contribution in [0.5, 0.6) is 5.75 Å². The van der Waals surface area contributed by atoms with Crippen LogP contribution in [0.4, 0.5) is 5.69 Å². The van der Waals surface area contributed by atoms with Gasteiger partial charge in [0.1, 0.15) is 10.6 Å². The van der Waals surface area contributed by atoms with E-state index in [1.165, 1.54) is 12.1 Å². The molecule has 0 saturated heterocycles. The van der Waals surface area contributed by atoms with E-state index >= 15 is 0 Å². The number of sulfonamides is 1. The predicted octanol–water partition coefficient (Wildman–Crippen LogP) is 2.76. The SMILES string of the molecule is CCc1ccc(NS(=O)(=O)c2ccccc2O)cc1. The molecule has 0 aliphatic carbocycles. The lowest BCUT2D eigenvalue weighted by Crippen LogP contribution is -2.13. The zero-order chi connectivity index (χ0) is 13.9. The molecule has 5 heteroatoms. The molecule has 2 aromatic carbocycles. The van der Waals surface area contributed by atoms with Crippen molar-refractivity contribution < 1.29 is 13.5 Å². The largest absolute Gasteiger partial charge is 0.507 e. The van der Waals surface area contributed by atoms with Crippen molar-refractivity contribution >= 4 is 15.7 Å². The van der Waals surface area contributed by atoms with Gasteiger partial charge < -0.3 is 5.11 Å². The van der Waals surface area contributed by atoms with Crippen molar-refractivity contribution in [2.24, 2.45) is 0 Å². The van der Waals surface area contributed by atoms with Gasteiger partial charge >= 0.3 is 0 Å². The van der Waals surface area contributed by atoms with Crippen LogP contribution < -0.4 is 4.72 Å². The quantitative estimate of drug-likeness (QED) is 0.903. The fourth-order valence-electron chi connectivity index (χ4n) is 1.70. The summed E-state index contributed by atoms with van der Waals surface area (Å²) in [5.41, 5.74) is 1.60. The molecule has 2 aromatic rings. The van der Waals surface area contributed by atoms with E-state index < -0.39 is 10.0 Å². The Bertz CT molecular complexity index is 663. The van der Waals surface area contributed by atoms with Crippen LogP contribution in [-0.2, 0) is 16.4 Å². The van der Waals surface area contributed by atoms with Crippen LogP contribution in [-0.4, -0.2) is 13.5 Å². The molecule has 0 amide bonds. The molecule has 0 aliphatic rings. The predicted molar refractivity (Wildman–Crippen MR) is 74.7 cm³/mol. The highest BCUT2D eigenvalue weighted by Crippen LogP contribution is 2.24. The van der Waals surface area contributed by atoms with E-state index in [-0.39, 0.29) is 10.6 Å². The molecule has 0 aliphatic heterocycles. The van der Waals surface area contributed by atoms with Crippen molar-refractivity contribution in [1.29, 1.82) is 0 Å². The van der Waals surface area contributed by atoms with Crippen LogP contribution in [0.3, 0.4) is 0 Å². The summed E-state index contributed by atoms with van der Waals surface area (Å²) < 4.78 is 26.7. The number of rotatable bonds is 4. The first-order chi connectivity index (χ1) is 9.03. The number of phenolic OH excluding ortho intramolecular Hbond substituents is 1. The lowest BCUT2D eigenvalue weighted by Gasteiger charge is -2.09. The lowest BCUT2D eigenvalue weighted by molar-refractivity contribution is 0.459. The molecule has 0 spiro atoms. The highest BCUT2D eigenvalue weighted by molar-refractivity contribution is 7.92. The van der Waals surface area contributed by atoms with Gasteiger partial charge in [-0.05, 0) is 36.2 Å². The maximum absolute atomic E-state index is 12.1. The number of phenols is 1. The number of aryl methyl sites for hydroxylation is 1. The summed E-state index contributed by atoms with van der Waals surface area (Å²) in [5.74, 6) is -0.264. The Morgan fingerprint density at radius 3 is 2.26 bits per heavy atom. The van der Waals surface area contributed by atoms with Gasteiger partial charge in [0, 0.05) is 5.69 Å². The first kappa shape index (κ1) is 13.4. The van der Waals surface area contributed by atoms with Gasteiger partial charge in [-0.1, -0.05) is 31.2 Å². The van der Waals surface area contributed by atoms with Crippen molar-refractivity contribution in [2.45, 2.75) is 18.2 Å². The molecule has 2 N–H and O–H groups in total. The standard InChI is InChI=1S/C14H15NO3S/c1-2-11-7-9-12(10-8-11)15-19(17,18)14-6-4-3-5-13(14)16/h3-10,15-16H,2H2,1H3. The third kappa shape index (κ3) is 3.06. The highest BCUT2D eigenvalue weighted by atomic mass is 32.2. The summed E-state index contributed by atoms with van der Waals surface area (Å²) in [6, 6.07) is 13.0. The number of aromatic hydroxyl groups is 1. The molecule has 19 heavy (non-hydrogen) atoms. The van der Waals surface area contributed by atoms with Crippen LogP contribution in [0, 0.1) is 0 Å². The number of nitrogens with one attached hydrogen (secondary N) is 1. The van der Waals surface area contributed by atoms with Crippen LogP contribution in [0.25, 0.3) is 0 Å². The van der Waals surface area contributed by atoms with E-state index in [1.54, 1.807) is 24.3 Å². The van der Waals surface area contributed by atoms with E-state index in [1.807, 2.05) is 19.1 Å². The van der Waals surface area contributed by atoms with Gasteiger partial charge in [0.15, 0.2) is 0 Å². The molecule has 2 rings (SSSR count). The second-order valence-electron chi connectivity index (χ2n) is 4.12. The highest BCUT2D eigenvalue weighted by Gasteiger charge is 2.17. The molecule has 0 bridgehead atoms. The molecule has 0 aromatic heterocycles. The minimum absolute atomic E-state index is 0.130. The molecule has 0 fully saturated rings. The fraction of sp³-hybridized carbons (Fsp3) is 0.143. The van der Waals surface area contributed by atoms with Gasteiger partial charge in [-0.3, -0.25) is 4.72 Å². The van der Waals surface area contributed by atoms with Gasteiger partial charge in [-0.2, -0.15) is 0 Å². The Balaban J connectivity index is 2.28. The van der Waals surface area contributed by atoms with E-state index in [0.29, 0.717) is 5.69 Å². The van der Waals surface area contributed by atoms with Crippen LogP contribution in [0.1, 0.15) is 12.5 Å². The van der Waals surface area contributed by atoms with E-state index in [4.69, 9.17) is 0 Å². The summed E-state index contributed by atoms with van der Waals surface area (Å²) in [5, 5.41) is 9.59. The van der Waals surface area contributed by atoms with Gasteiger partial charge in [0.2, 0.25) is 0 Å². The number of hydrogen-bond donors (Lipinski definition) is 2. The molecular formula is C14H15NO3S. The van der Waals surface area contributed by atoms with Crippen LogP contribution in [0.2, 0.25) is 0 Å². The Kier molecular flexibility index (Phi) is 3.76. The topological polar surface area (TPSA) is 66.4 Å². The molecule has 0 heterocycles. The zero-order valence-corrected chi connectivity index (χ0v) is 11.3. The minimum atomic E-state index is -3.76. The smallest absolute Gasteiger partial charge is 0.265 e. The third-order valence-electron chi connectivity index (χ3n) is 2.77. The number of benzene rings is 2. The van der Waals surface area contributed by atoms with Crippen LogP contribution >= 0.6 is 0 Å². The molecule has 0 atom stereocenters. The van der Waals surface area contributed by atoms with Gasteiger partial charge in [-0.15, -0.1) is 0 Å². The van der Waals surface area contributed by atoms with Crippen molar-refractivity contribution in [3.63, 3.8) is 0 Å². The van der Waals surface area contributed by atoms with E-state index in [9.17, 15) is 13.5 Å². The van der Waals surface area contributed by atoms with Crippen molar-refractivity contribution in [3.8, 4) is 5.75 Å². The first-order valence-corrected chi connectivity index (χ1v) is 7.41. The summed E-state index contributed by atoms with van der Waals surface area (Å²) in [6.45, 7) is 2.03. The second-order valence-corrected chi connectivity index (χ2v) is 5.77. The number of anilines is 1. The van der Waals surface area contributed by atoms with Gasteiger partial charge in [-0.25, -0.2) is 8.42 Å². The van der Waals surface area contributed by atoms with Crippen LogP contribution in [0.15, 0.2) is 53.4 Å². The van der Waals surface area contributed by atoms with E-state index in [0.717, 1.165) is 12.0 Å². The second kappa shape index (κ2) is 5.32. The summed E-state index contributed by atoms with van der Waals surface area (Å²) in [7, 11) is -3.76. The number of hydrogen-bond acceptors (Lipinski definition) is 3. The summed E-state index contributed by atoms with van der Waals surface area (Å²) >= 11 is 0. The van der Waals surface area contributed by atoms with Gasteiger partial charge in [0.05, 0.1) is 0 Å². The van der Waals surface area contributed by atoms with Crippen molar-refractivity contribution in [3.05, 3.63) is 54.1 Å². The van der Waals surface area contributed by atoms with Crippen molar-refractivity contribution in [2.75, 3.05) is 4.72 Å². The Labute approximate surface area is 112 Å². The molecule has 0 radical (unpaired) electrons. The Morgan fingerprint density at radius 1 is 1.05 bits per heavy atom. The molecule has 0 saturated carbocycles. The Hall–Kier alpha value is -2.01. The maximum atomic E-state index is 12.1. The fourth-order valence-corrected chi connectivity index (χ4v) is 2.86. The third-order valence-corrected chi connectivity index (χ3v) is 4.20. The first-order valence-electron chi connectivity index (χ1n) is 5.92. The summed E-state index contributed by atoms with van der Waals surface area (Å²) in [6.07, 6.45) is 0.895. The Morgan fingerprint density at radius 2 is 1.68 bits per heavy atom. The lowest BCUT2D eigenvalue weighted by atomic mass is 10.2. The van der Waals surface area contributed by atoms with E-state index in [2.05, 4.69) is 4.72 Å². The zero-order valence-electron chi connectivity index (χ0n) is 10.5.